The van der Waals surface area contributed by atoms with Crippen molar-refractivity contribution in [3.05, 3.63) is 34.9 Å². The number of alkyl halides is 2. The summed E-state index contributed by atoms with van der Waals surface area (Å²) in [4.78, 5) is 11.1. The van der Waals surface area contributed by atoms with Gasteiger partial charge in [0.2, 0.25) is 5.91 Å². The van der Waals surface area contributed by atoms with Gasteiger partial charge in [-0.2, -0.15) is 0 Å². The van der Waals surface area contributed by atoms with E-state index in [-0.39, 0.29) is 29.1 Å². The topological polar surface area (TPSA) is 43.1 Å². The lowest BCUT2D eigenvalue weighted by molar-refractivity contribution is -0.120. The molecule has 20 heavy (non-hydrogen) atoms. The van der Waals surface area contributed by atoms with Crippen molar-refractivity contribution in [2.75, 3.05) is 0 Å². The Balaban J connectivity index is 2.43. The molecule has 1 aliphatic carbocycles. The van der Waals surface area contributed by atoms with Crippen molar-refractivity contribution in [3.63, 3.8) is 0 Å². The molecular formula is C15H18Cl3NO. The van der Waals surface area contributed by atoms with Gasteiger partial charge in [-0.25, -0.2) is 0 Å². The SMILES string of the molecule is CCC1(C(c2ccc(Cl)cc2)C(Cl)Cl)C(C)C1C(N)=O. The van der Waals surface area contributed by atoms with Gasteiger partial charge in [-0.05, 0) is 35.4 Å². The summed E-state index contributed by atoms with van der Waals surface area (Å²) >= 11 is 18.4. The molecule has 5 heteroatoms. The molecule has 2 nitrogen and oxygen atoms in total. The standard InChI is InChI=1S/C15H18Cl3NO/c1-3-15(8(2)11(15)14(19)20)12(13(17)18)9-4-6-10(16)7-5-9/h4-8,11-13H,3H2,1-2H3,(H2,19,20). The summed E-state index contributed by atoms with van der Waals surface area (Å²) in [5.41, 5.74) is 6.28. The smallest absolute Gasteiger partial charge is 0.221 e. The number of carbonyl (C=O) groups excluding carboxylic acids is 1. The lowest BCUT2D eigenvalue weighted by Crippen LogP contribution is -2.27. The molecule has 1 fully saturated rings. The van der Waals surface area contributed by atoms with Gasteiger partial charge < -0.3 is 5.73 Å². The molecule has 1 aromatic rings. The second-order valence-corrected chi connectivity index (χ2v) is 7.10. The van der Waals surface area contributed by atoms with Crippen LogP contribution < -0.4 is 5.73 Å². The van der Waals surface area contributed by atoms with Gasteiger partial charge in [-0.1, -0.05) is 37.6 Å². The Morgan fingerprint density at radius 2 is 1.90 bits per heavy atom. The van der Waals surface area contributed by atoms with Gasteiger partial charge in [0.25, 0.3) is 0 Å². The number of benzene rings is 1. The molecule has 1 amide bonds. The highest BCUT2D eigenvalue weighted by Crippen LogP contribution is 2.69. The molecule has 4 atom stereocenters. The average molecular weight is 335 g/mol. The molecule has 0 aromatic heterocycles. The molecule has 0 bridgehead atoms. The molecule has 0 radical (unpaired) electrons. The van der Waals surface area contributed by atoms with Crippen LogP contribution in [0.5, 0.6) is 0 Å². The van der Waals surface area contributed by atoms with Crippen molar-refractivity contribution < 1.29 is 4.79 Å². The molecule has 4 unspecified atom stereocenters. The number of amides is 1. The van der Waals surface area contributed by atoms with Crippen LogP contribution in [-0.2, 0) is 4.79 Å². The lowest BCUT2D eigenvalue weighted by atomic mass is 9.79. The number of hydrogen-bond donors (Lipinski definition) is 1. The second-order valence-electron chi connectivity index (χ2n) is 5.50. The zero-order valence-corrected chi connectivity index (χ0v) is 13.7. The predicted molar refractivity (Wildman–Crippen MR) is 84.3 cm³/mol. The number of halogens is 3. The van der Waals surface area contributed by atoms with E-state index in [4.69, 9.17) is 40.5 Å². The zero-order valence-electron chi connectivity index (χ0n) is 11.4. The third-order valence-electron chi connectivity index (χ3n) is 4.80. The van der Waals surface area contributed by atoms with Crippen molar-refractivity contribution in [2.24, 2.45) is 23.0 Å². The van der Waals surface area contributed by atoms with Crippen LogP contribution in [-0.4, -0.2) is 10.7 Å². The van der Waals surface area contributed by atoms with Crippen LogP contribution in [0.15, 0.2) is 24.3 Å². The average Bonchev–Trinajstić information content (AvgIpc) is 2.98. The Kier molecular flexibility index (Phi) is 4.58. The molecule has 0 spiro atoms. The van der Waals surface area contributed by atoms with Gasteiger partial charge in [0, 0.05) is 16.9 Å². The maximum absolute atomic E-state index is 11.7. The Morgan fingerprint density at radius 1 is 1.35 bits per heavy atom. The second kappa shape index (κ2) is 5.75. The van der Waals surface area contributed by atoms with E-state index in [0.717, 1.165) is 12.0 Å². The van der Waals surface area contributed by atoms with E-state index in [1.165, 1.54) is 0 Å². The fourth-order valence-electron chi connectivity index (χ4n) is 3.77. The maximum Gasteiger partial charge on any atom is 0.221 e. The third-order valence-corrected chi connectivity index (χ3v) is 5.55. The van der Waals surface area contributed by atoms with Crippen LogP contribution in [0.1, 0.15) is 31.7 Å². The highest BCUT2D eigenvalue weighted by molar-refractivity contribution is 6.45. The van der Waals surface area contributed by atoms with E-state index >= 15 is 0 Å². The number of rotatable bonds is 5. The molecular weight excluding hydrogens is 317 g/mol. The minimum absolute atomic E-state index is 0.124. The van der Waals surface area contributed by atoms with Crippen molar-refractivity contribution in [2.45, 2.75) is 31.0 Å². The first-order valence-corrected chi connectivity index (χ1v) is 7.94. The summed E-state index contributed by atoms with van der Waals surface area (Å²) < 4.78 is 0. The number of hydrogen-bond acceptors (Lipinski definition) is 1. The Labute approximate surface area is 134 Å². The molecule has 1 saturated carbocycles. The number of carbonyl (C=O) groups is 1. The zero-order chi connectivity index (χ0) is 15.1. The molecule has 2 rings (SSSR count). The highest BCUT2D eigenvalue weighted by Gasteiger charge is 2.68. The van der Waals surface area contributed by atoms with E-state index in [2.05, 4.69) is 6.92 Å². The van der Waals surface area contributed by atoms with E-state index in [1.807, 2.05) is 31.2 Å². The van der Waals surface area contributed by atoms with Crippen LogP contribution in [0, 0.1) is 17.3 Å². The Hall–Kier alpha value is -0.440. The van der Waals surface area contributed by atoms with Gasteiger partial charge in [-0.3, -0.25) is 4.79 Å². The monoisotopic (exact) mass is 333 g/mol. The van der Waals surface area contributed by atoms with Crippen molar-refractivity contribution >= 4 is 40.7 Å². The Bertz CT molecular complexity index is 502. The van der Waals surface area contributed by atoms with Gasteiger partial charge in [0.15, 0.2) is 0 Å². The summed E-state index contributed by atoms with van der Waals surface area (Å²) in [5.74, 6) is -0.383. The predicted octanol–water partition coefficient (Wildman–Crippen LogP) is 4.37. The van der Waals surface area contributed by atoms with Gasteiger partial charge in [0.1, 0.15) is 4.84 Å². The van der Waals surface area contributed by atoms with E-state index in [9.17, 15) is 4.79 Å². The van der Waals surface area contributed by atoms with Crippen LogP contribution in [0.2, 0.25) is 5.02 Å². The molecule has 1 aromatic carbocycles. The minimum atomic E-state index is -0.595. The van der Waals surface area contributed by atoms with E-state index < -0.39 is 4.84 Å². The van der Waals surface area contributed by atoms with Crippen molar-refractivity contribution in [3.8, 4) is 0 Å². The van der Waals surface area contributed by atoms with Crippen LogP contribution in [0.25, 0.3) is 0 Å². The first-order valence-electron chi connectivity index (χ1n) is 6.69. The first kappa shape index (κ1) is 15.9. The largest absolute Gasteiger partial charge is 0.369 e. The highest BCUT2D eigenvalue weighted by atomic mass is 35.5. The summed E-state index contributed by atoms with van der Waals surface area (Å²) in [5, 5.41) is 0.661. The minimum Gasteiger partial charge on any atom is -0.369 e. The van der Waals surface area contributed by atoms with Crippen LogP contribution >= 0.6 is 34.8 Å². The summed E-state index contributed by atoms with van der Waals surface area (Å²) in [6, 6.07) is 7.47. The van der Waals surface area contributed by atoms with E-state index in [0.29, 0.717) is 5.02 Å². The summed E-state index contributed by atoms with van der Waals surface area (Å²) in [7, 11) is 0. The van der Waals surface area contributed by atoms with Crippen molar-refractivity contribution in [1.29, 1.82) is 0 Å². The summed E-state index contributed by atoms with van der Waals surface area (Å²) in [6.45, 7) is 4.09. The molecule has 1 aliphatic rings. The Morgan fingerprint density at radius 3 is 2.25 bits per heavy atom. The molecule has 110 valence electrons. The normalized spacial score (nSPS) is 30.3. The van der Waals surface area contributed by atoms with Gasteiger partial charge in [-0.15, -0.1) is 23.2 Å². The lowest BCUT2D eigenvalue weighted by Gasteiger charge is -2.29. The fraction of sp³-hybridized carbons (Fsp3) is 0.533. The van der Waals surface area contributed by atoms with Crippen LogP contribution in [0.3, 0.4) is 0 Å². The van der Waals surface area contributed by atoms with Gasteiger partial charge >= 0.3 is 0 Å². The third kappa shape index (κ3) is 2.43. The number of primary amides is 1. The molecule has 0 aliphatic heterocycles. The molecule has 0 heterocycles. The van der Waals surface area contributed by atoms with E-state index in [1.54, 1.807) is 0 Å². The maximum atomic E-state index is 11.7. The van der Waals surface area contributed by atoms with Crippen molar-refractivity contribution in [1.82, 2.24) is 0 Å². The molecule has 2 N–H and O–H groups in total. The quantitative estimate of drug-likeness (QED) is 0.798. The first-order chi connectivity index (χ1) is 9.36. The molecule has 0 saturated heterocycles. The summed E-state index contributed by atoms with van der Waals surface area (Å²) in [6.07, 6.45) is 0.811. The van der Waals surface area contributed by atoms with Gasteiger partial charge in [0.05, 0.1) is 0 Å². The van der Waals surface area contributed by atoms with Crippen LogP contribution in [0.4, 0.5) is 0 Å². The number of nitrogens with two attached hydrogens (primary N) is 1. The fourth-order valence-corrected chi connectivity index (χ4v) is 4.65.